The van der Waals surface area contributed by atoms with Crippen LogP contribution >= 0.6 is 0 Å². The van der Waals surface area contributed by atoms with Crippen molar-refractivity contribution in [1.82, 2.24) is 4.72 Å². The van der Waals surface area contributed by atoms with E-state index in [4.69, 9.17) is 9.84 Å². The van der Waals surface area contributed by atoms with Crippen LogP contribution in [0.3, 0.4) is 0 Å². The van der Waals surface area contributed by atoms with E-state index in [0.717, 1.165) is 0 Å². The molecule has 0 saturated carbocycles. The molecule has 0 aliphatic rings. The molecule has 122 valence electrons. The van der Waals surface area contributed by atoms with E-state index in [1.54, 1.807) is 42.5 Å². The third kappa shape index (κ3) is 4.54. The second-order valence-corrected chi connectivity index (χ2v) is 6.57. The number of methoxy groups -OCH3 is 1. The lowest BCUT2D eigenvalue weighted by Crippen LogP contribution is -2.30. The van der Waals surface area contributed by atoms with Crippen LogP contribution in [0.1, 0.15) is 18.0 Å². The zero-order valence-electron chi connectivity index (χ0n) is 12.5. The Morgan fingerprint density at radius 1 is 1.13 bits per heavy atom. The first kappa shape index (κ1) is 17.0. The topological polar surface area (TPSA) is 92.7 Å². The quantitative estimate of drug-likeness (QED) is 0.809. The van der Waals surface area contributed by atoms with Crippen molar-refractivity contribution in [3.63, 3.8) is 0 Å². The monoisotopic (exact) mass is 335 g/mol. The van der Waals surface area contributed by atoms with Gasteiger partial charge in [-0.25, -0.2) is 13.1 Å². The number of carbonyl (C=O) groups is 1. The third-order valence-electron chi connectivity index (χ3n) is 3.25. The second-order valence-electron chi connectivity index (χ2n) is 4.86. The van der Waals surface area contributed by atoms with E-state index in [1.165, 1.54) is 19.2 Å². The van der Waals surface area contributed by atoms with Gasteiger partial charge in [0.15, 0.2) is 0 Å². The largest absolute Gasteiger partial charge is 0.497 e. The fourth-order valence-corrected chi connectivity index (χ4v) is 3.34. The van der Waals surface area contributed by atoms with Gasteiger partial charge in [-0.15, -0.1) is 0 Å². The molecule has 2 aromatic carbocycles. The molecular formula is C16H17NO5S. The average molecular weight is 335 g/mol. The third-order valence-corrected chi connectivity index (χ3v) is 4.74. The summed E-state index contributed by atoms with van der Waals surface area (Å²) >= 11 is 0. The van der Waals surface area contributed by atoms with Gasteiger partial charge in [-0.05, 0) is 29.8 Å². The van der Waals surface area contributed by atoms with Crippen molar-refractivity contribution in [1.29, 1.82) is 0 Å². The molecule has 0 aliphatic heterocycles. The van der Waals surface area contributed by atoms with Crippen LogP contribution < -0.4 is 9.46 Å². The Labute approximate surface area is 134 Å². The first-order valence-electron chi connectivity index (χ1n) is 6.85. The first-order valence-corrected chi connectivity index (χ1v) is 8.34. The summed E-state index contributed by atoms with van der Waals surface area (Å²) in [4.78, 5) is 11.2. The predicted molar refractivity (Wildman–Crippen MR) is 84.8 cm³/mol. The summed E-state index contributed by atoms with van der Waals surface area (Å²) in [5.74, 6) is -0.490. The number of nitrogens with one attached hydrogen (secondary N) is 1. The molecule has 0 bridgehead atoms. The Morgan fingerprint density at radius 3 is 2.26 bits per heavy atom. The lowest BCUT2D eigenvalue weighted by molar-refractivity contribution is -0.137. The van der Waals surface area contributed by atoms with Crippen LogP contribution in [0, 0.1) is 0 Å². The van der Waals surface area contributed by atoms with Crippen LogP contribution in [0.2, 0.25) is 0 Å². The minimum Gasteiger partial charge on any atom is -0.497 e. The number of rotatable bonds is 7. The molecule has 0 radical (unpaired) electrons. The van der Waals surface area contributed by atoms with E-state index < -0.39 is 22.0 Å². The zero-order chi connectivity index (χ0) is 16.9. The van der Waals surface area contributed by atoms with Gasteiger partial charge in [0.05, 0.1) is 24.5 Å². The number of benzene rings is 2. The van der Waals surface area contributed by atoms with Gasteiger partial charge in [-0.3, -0.25) is 4.79 Å². The van der Waals surface area contributed by atoms with Crippen LogP contribution in [-0.4, -0.2) is 26.6 Å². The Kier molecular flexibility index (Phi) is 5.36. The average Bonchev–Trinajstić information content (AvgIpc) is 2.54. The molecule has 0 spiro atoms. The van der Waals surface area contributed by atoms with Crippen LogP contribution in [0.5, 0.6) is 5.75 Å². The molecule has 2 rings (SSSR count). The summed E-state index contributed by atoms with van der Waals surface area (Å²) in [6.07, 6.45) is -0.363. The molecule has 0 aromatic heterocycles. The SMILES string of the molecule is COc1ccc([C@@H](CC(=O)O)NS(=O)(=O)c2ccccc2)cc1. The lowest BCUT2D eigenvalue weighted by atomic mass is 10.0. The number of carboxylic acids is 1. The number of aliphatic carboxylic acids is 1. The fourth-order valence-electron chi connectivity index (χ4n) is 2.09. The molecule has 0 heterocycles. The van der Waals surface area contributed by atoms with Crippen molar-refractivity contribution >= 4 is 16.0 Å². The van der Waals surface area contributed by atoms with E-state index in [9.17, 15) is 13.2 Å². The Morgan fingerprint density at radius 2 is 1.74 bits per heavy atom. The van der Waals surface area contributed by atoms with Crippen molar-refractivity contribution in [3.05, 3.63) is 60.2 Å². The van der Waals surface area contributed by atoms with Gasteiger partial charge in [0, 0.05) is 0 Å². The summed E-state index contributed by atoms with van der Waals surface area (Å²) in [7, 11) is -2.30. The maximum absolute atomic E-state index is 12.4. The van der Waals surface area contributed by atoms with Crippen molar-refractivity contribution < 1.29 is 23.1 Å². The fraction of sp³-hybridized carbons (Fsp3) is 0.188. The number of ether oxygens (including phenoxy) is 1. The maximum Gasteiger partial charge on any atom is 0.305 e. The van der Waals surface area contributed by atoms with Crippen molar-refractivity contribution in [2.45, 2.75) is 17.4 Å². The molecule has 23 heavy (non-hydrogen) atoms. The van der Waals surface area contributed by atoms with Gasteiger partial charge in [-0.1, -0.05) is 30.3 Å². The number of sulfonamides is 1. The summed E-state index contributed by atoms with van der Waals surface area (Å²) in [5.41, 5.74) is 0.549. The second kappa shape index (κ2) is 7.26. The molecule has 2 aromatic rings. The summed E-state index contributed by atoms with van der Waals surface area (Å²) in [5, 5.41) is 9.05. The smallest absolute Gasteiger partial charge is 0.305 e. The predicted octanol–water partition coefficient (Wildman–Crippen LogP) is 2.19. The molecule has 6 nitrogen and oxygen atoms in total. The highest BCUT2D eigenvalue weighted by Crippen LogP contribution is 2.22. The molecule has 0 saturated heterocycles. The number of hydrogen-bond acceptors (Lipinski definition) is 4. The van der Waals surface area contributed by atoms with E-state index in [1.807, 2.05) is 0 Å². The van der Waals surface area contributed by atoms with Gasteiger partial charge in [0.25, 0.3) is 0 Å². The molecule has 2 N–H and O–H groups in total. The van der Waals surface area contributed by atoms with Crippen LogP contribution in [0.4, 0.5) is 0 Å². The summed E-state index contributed by atoms with van der Waals surface area (Å²) in [6.45, 7) is 0. The highest BCUT2D eigenvalue weighted by molar-refractivity contribution is 7.89. The van der Waals surface area contributed by atoms with Gasteiger partial charge < -0.3 is 9.84 Å². The Hall–Kier alpha value is -2.38. The molecule has 0 aliphatic carbocycles. The van der Waals surface area contributed by atoms with Gasteiger partial charge in [0.1, 0.15) is 5.75 Å². The molecule has 0 fully saturated rings. The normalized spacial score (nSPS) is 12.6. The van der Waals surface area contributed by atoms with Crippen molar-refractivity contribution in [3.8, 4) is 5.75 Å². The minimum atomic E-state index is -3.81. The molecule has 0 amide bonds. The van der Waals surface area contributed by atoms with Gasteiger partial charge >= 0.3 is 5.97 Å². The molecule has 0 unspecified atom stereocenters. The van der Waals surface area contributed by atoms with E-state index in [2.05, 4.69) is 4.72 Å². The minimum absolute atomic E-state index is 0.0869. The van der Waals surface area contributed by atoms with Gasteiger partial charge in [-0.2, -0.15) is 0 Å². The van der Waals surface area contributed by atoms with Crippen LogP contribution in [0.25, 0.3) is 0 Å². The van der Waals surface area contributed by atoms with Crippen LogP contribution in [-0.2, 0) is 14.8 Å². The van der Waals surface area contributed by atoms with E-state index in [-0.39, 0.29) is 11.3 Å². The van der Waals surface area contributed by atoms with Crippen molar-refractivity contribution in [2.75, 3.05) is 7.11 Å². The van der Waals surface area contributed by atoms with Gasteiger partial charge in [0.2, 0.25) is 10.0 Å². The summed E-state index contributed by atoms with van der Waals surface area (Å²) < 4.78 is 32.3. The zero-order valence-corrected chi connectivity index (χ0v) is 13.3. The summed E-state index contributed by atoms with van der Waals surface area (Å²) in [6, 6.07) is 13.5. The van der Waals surface area contributed by atoms with E-state index >= 15 is 0 Å². The molecule has 7 heteroatoms. The number of carboxylic acid groups (broad SMARTS) is 1. The Bertz CT molecular complexity index is 757. The number of hydrogen-bond donors (Lipinski definition) is 2. The standard InChI is InChI=1S/C16H17NO5S/c1-22-13-9-7-12(8-10-13)15(11-16(18)19)17-23(20,21)14-5-3-2-4-6-14/h2-10,15,17H,11H2,1H3,(H,18,19)/t15-/m1/s1. The molecule has 1 atom stereocenters. The first-order chi connectivity index (χ1) is 10.9. The highest BCUT2D eigenvalue weighted by atomic mass is 32.2. The molecular weight excluding hydrogens is 318 g/mol. The van der Waals surface area contributed by atoms with Crippen LogP contribution in [0.15, 0.2) is 59.5 Å². The lowest BCUT2D eigenvalue weighted by Gasteiger charge is -2.18. The Balaban J connectivity index is 2.29. The van der Waals surface area contributed by atoms with Crippen molar-refractivity contribution in [2.24, 2.45) is 0 Å². The maximum atomic E-state index is 12.4. The highest BCUT2D eigenvalue weighted by Gasteiger charge is 2.23. The van der Waals surface area contributed by atoms with E-state index in [0.29, 0.717) is 11.3 Å².